The van der Waals surface area contributed by atoms with E-state index in [-0.39, 0.29) is 0 Å². The van der Waals surface area contributed by atoms with Crippen molar-refractivity contribution in [2.75, 3.05) is 19.6 Å². The lowest BCUT2D eigenvalue weighted by Gasteiger charge is -2.41. The number of rotatable bonds is 5. The predicted molar refractivity (Wildman–Crippen MR) is 71.7 cm³/mol. The van der Waals surface area contributed by atoms with E-state index in [4.69, 9.17) is 0 Å². The Morgan fingerprint density at radius 3 is 2.62 bits per heavy atom. The Labute approximate surface area is 102 Å². The van der Waals surface area contributed by atoms with Gasteiger partial charge in [0.1, 0.15) is 0 Å². The van der Waals surface area contributed by atoms with Gasteiger partial charge in [0.15, 0.2) is 0 Å². The van der Waals surface area contributed by atoms with Crippen LogP contribution >= 0.6 is 0 Å². The zero-order chi connectivity index (χ0) is 12.1. The van der Waals surface area contributed by atoms with Crippen molar-refractivity contribution in [3.63, 3.8) is 0 Å². The quantitative estimate of drug-likeness (QED) is 0.775. The number of hydrogen-bond donors (Lipinski definition) is 1. The van der Waals surface area contributed by atoms with Gasteiger partial charge in [-0.3, -0.25) is 0 Å². The molecule has 0 amide bonds. The molecule has 1 rings (SSSR count). The van der Waals surface area contributed by atoms with Crippen LogP contribution in [-0.2, 0) is 0 Å². The SMILES string of the molecule is CCNC(C)CCN1CC(C)CC(C)C1C. The average molecular weight is 226 g/mol. The fourth-order valence-corrected chi connectivity index (χ4v) is 2.94. The second-order valence-corrected chi connectivity index (χ2v) is 5.80. The van der Waals surface area contributed by atoms with Crippen LogP contribution < -0.4 is 5.32 Å². The molecule has 2 nitrogen and oxygen atoms in total. The van der Waals surface area contributed by atoms with E-state index in [0.717, 1.165) is 24.4 Å². The van der Waals surface area contributed by atoms with Crippen LogP contribution in [0, 0.1) is 11.8 Å². The molecule has 0 aromatic rings. The number of hydrogen-bond acceptors (Lipinski definition) is 2. The molecule has 96 valence electrons. The summed E-state index contributed by atoms with van der Waals surface area (Å²) in [4.78, 5) is 2.69. The summed E-state index contributed by atoms with van der Waals surface area (Å²) in [7, 11) is 0. The number of piperidine rings is 1. The van der Waals surface area contributed by atoms with Crippen molar-refractivity contribution in [3.05, 3.63) is 0 Å². The molecular weight excluding hydrogens is 196 g/mol. The van der Waals surface area contributed by atoms with Gasteiger partial charge in [-0.25, -0.2) is 0 Å². The van der Waals surface area contributed by atoms with Gasteiger partial charge in [0.05, 0.1) is 0 Å². The van der Waals surface area contributed by atoms with E-state index in [0.29, 0.717) is 6.04 Å². The van der Waals surface area contributed by atoms with E-state index in [9.17, 15) is 0 Å². The van der Waals surface area contributed by atoms with Gasteiger partial charge in [0, 0.05) is 18.6 Å². The van der Waals surface area contributed by atoms with Crippen molar-refractivity contribution in [2.45, 2.75) is 59.5 Å². The molecule has 2 heteroatoms. The van der Waals surface area contributed by atoms with Crippen molar-refractivity contribution in [1.29, 1.82) is 0 Å². The highest BCUT2D eigenvalue weighted by molar-refractivity contribution is 4.82. The summed E-state index contributed by atoms with van der Waals surface area (Å²) >= 11 is 0. The Kier molecular flexibility index (Phi) is 5.77. The van der Waals surface area contributed by atoms with E-state index >= 15 is 0 Å². The Bertz CT molecular complexity index is 193. The molecule has 0 bridgehead atoms. The predicted octanol–water partition coefficient (Wildman–Crippen LogP) is 2.74. The van der Waals surface area contributed by atoms with Gasteiger partial charge in [-0.2, -0.15) is 0 Å². The molecule has 16 heavy (non-hydrogen) atoms. The van der Waals surface area contributed by atoms with E-state index < -0.39 is 0 Å². The first-order chi connectivity index (χ1) is 7.54. The summed E-state index contributed by atoms with van der Waals surface area (Å²) in [6.45, 7) is 15.3. The Balaban J connectivity index is 2.34. The summed E-state index contributed by atoms with van der Waals surface area (Å²) in [5.74, 6) is 1.74. The van der Waals surface area contributed by atoms with Crippen molar-refractivity contribution in [1.82, 2.24) is 10.2 Å². The minimum absolute atomic E-state index is 0.657. The maximum Gasteiger partial charge on any atom is 0.00927 e. The lowest BCUT2D eigenvalue weighted by molar-refractivity contribution is 0.0764. The maximum atomic E-state index is 3.50. The van der Waals surface area contributed by atoms with Crippen LogP contribution in [-0.4, -0.2) is 36.6 Å². The Hall–Kier alpha value is -0.0800. The van der Waals surface area contributed by atoms with Gasteiger partial charge in [-0.15, -0.1) is 0 Å². The molecule has 4 unspecified atom stereocenters. The smallest absolute Gasteiger partial charge is 0.00927 e. The highest BCUT2D eigenvalue weighted by Gasteiger charge is 2.28. The van der Waals surface area contributed by atoms with E-state index in [2.05, 4.69) is 44.8 Å². The Morgan fingerprint density at radius 2 is 2.00 bits per heavy atom. The van der Waals surface area contributed by atoms with Gasteiger partial charge in [-0.1, -0.05) is 20.8 Å². The third kappa shape index (κ3) is 4.06. The van der Waals surface area contributed by atoms with Crippen molar-refractivity contribution in [3.8, 4) is 0 Å². The zero-order valence-electron chi connectivity index (χ0n) is 11.8. The van der Waals surface area contributed by atoms with Crippen LogP contribution in [0.4, 0.5) is 0 Å². The Morgan fingerprint density at radius 1 is 1.31 bits per heavy atom. The van der Waals surface area contributed by atoms with Crippen molar-refractivity contribution >= 4 is 0 Å². The van der Waals surface area contributed by atoms with E-state index in [1.54, 1.807) is 0 Å². The number of nitrogens with one attached hydrogen (secondary N) is 1. The molecule has 1 aliphatic heterocycles. The second kappa shape index (κ2) is 6.61. The van der Waals surface area contributed by atoms with Crippen LogP contribution in [0.2, 0.25) is 0 Å². The molecule has 0 aromatic heterocycles. The van der Waals surface area contributed by atoms with Gasteiger partial charge in [0.2, 0.25) is 0 Å². The third-order valence-electron chi connectivity index (χ3n) is 4.12. The lowest BCUT2D eigenvalue weighted by atomic mass is 9.86. The maximum absolute atomic E-state index is 3.50. The molecule has 0 aromatic carbocycles. The number of likely N-dealkylation sites (tertiary alicyclic amines) is 1. The summed E-state index contributed by atoms with van der Waals surface area (Å²) in [6.07, 6.45) is 2.68. The largest absolute Gasteiger partial charge is 0.314 e. The van der Waals surface area contributed by atoms with Crippen LogP contribution in [0.5, 0.6) is 0 Å². The first kappa shape index (κ1) is 14.0. The summed E-state index contributed by atoms with van der Waals surface area (Å²) in [5.41, 5.74) is 0. The van der Waals surface area contributed by atoms with Crippen LogP contribution in [0.3, 0.4) is 0 Å². The minimum atomic E-state index is 0.657. The molecule has 1 aliphatic rings. The van der Waals surface area contributed by atoms with E-state index in [1.807, 2.05) is 0 Å². The highest BCUT2D eigenvalue weighted by Crippen LogP contribution is 2.26. The minimum Gasteiger partial charge on any atom is -0.314 e. The molecule has 1 saturated heterocycles. The fourth-order valence-electron chi connectivity index (χ4n) is 2.94. The molecule has 0 radical (unpaired) electrons. The second-order valence-electron chi connectivity index (χ2n) is 5.80. The standard InChI is InChI=1S/C14H30N2/c1-6-15-13(4)7-8-16-10-11(2)9-12(3)14(16)5/h11-15H,6-10H2,1-5H3. The number of nitrogens with zero attached hydrogens (tertiary/aromatic N) is 1. The highest BCUT2D eigenvalue weighted by atomic mass is 15.2. The van der Waals surface area contributed by atoms with E-state index in [1.165, 1.54) is 25.9 Å². The fraction of sp³-hybridized carbons (Fsp3) is 1.00. The first-order valence-electron chi connectivity index (χ1n) is 7.02. The molecule has 0 spiro atoms. The summed E-state index contributed by atoms with van der Waals surface area (Å²) in [6, 6.07) is 1.43. The van der Waals surface area contributed by atoms with Gasteiger partial charge < -0.3 is 10.2 Å². The van der Waals surface area contributed by atoms with Crippen LogP contribution in [0.1, 0.15) is 47.5 Å². The van der Waals surface area contributed by atoms with Gasteiger partial charge >= 0.3 is 0 Å². The monoisotopic (exact) mass is 226 g/mol. The summed E-state index contributed by atoms with van der Waals surface area (Å²) < 4.78 is 0. The first-order valence-corrected chi connectivity index (χ1v) is 7.02. The van der Waals surface area contributed by atoms with Crippen LogP contribution in [0.15, 0.2) is 0 Å². The average Bonchev–Trinajstić information content (AvgIpc) is 2.21. The lowest BCUT2D eigenvalue weighted by Crippen LogP contribution is -2.47. The van der Waals surface area contributed by atoms with Crippen molar-refractivity contribution in [2.24, 2.45) is 11.8 Å². The third-order valence-corrected chi connectivity index (χ3v) is 4.12. The molecule has 1 fully saturated rings. The normalized spacial score (nSPS) is 33.9. The zero-order valence-corrected chi connectivity index (χ0v) is 11.8. The summed E-state index contributed by atoms with van der Waals surface area (Å²) in [5, 5.41) is 3.50. The molecule has 4 atom stereocenters. The van der Waals surface area contributed by atoms with Crippen molar-refractivity contribution < 1.29 is 0 Å². The van der Waals surface area contributed by atoms with Gasteiger partial charge in [-0.05, 0) is 51.6 Å². The molecule has 0 aliphatic carbocycles. The molecule has 1 N–H and O–H groups in total. The molecular formula is C14H30N2. The molecule has 0 saturated carbocycles. The van der Waals surface area contributed by atoms with Crippen LogP contribution in [0.25, 0.3) is 0 Å². The topological polar surface area (TPSA) is 15.3 Å². The molecule has 1 heterocycles. The van der Waals surface area contributed by atoms with Gasteiger partial charge in [0.25, 0.3) is 0 Å².